The Labute approximate surface area is 186 Å². The summed E-state index contributed by atoms with van der Waals surface area (Å²) >= 11 is 0. The van der Waals surface area contributed by atoms with Crippen molar-refractivity contribution in [1.82, 2.24) is 0 Å². The van der Waals surface area contributed by atoms with Gasteiger partial charge < -0.3 is 29.2 Å². The number of aliphatic hydroxyl groups excluding tert-OH is 2. The van der Waals surface area contributed by atoms with Crippen LogP contribution < -0.4 is 0 Å². The van der Waals surface area contributed by atoms with Gasteiger partial charge in [0.25, 0.3) is 0 Å². The quantitative estimate of drug-likeness (QED) is 0.463. The third kappa shape index (κ3) is 2.51. The molecule has 2 spiro atoms. The van der Waals surface area contributed by atoms with E-state index in [1.165, 1.54) is 14.0 Å². The summed E-state index contributed by atoms with van der Waals surface area (Å²) in [6.07, 6.45) is -2.57. The van der Waals surface area contributed by atoms with Crippen LogP contribution in [0.1, 0.15) is 40.0 Å². The molecule has 0 aromatic heterocycles. The highest BCUT2D eigenvalue weighted by molar-refractivity contribution is 6.08. The predicted octanol–water partition coefficient (Wildman–Crippen LogP) is 0.443. The van der Waals surface area contributed by atoms with E-state index in [2.05, 4.69) is 0 Å². The highest BCUT2D eigenvalue weighted by Crippen LogP contribution is 2.71. The van der Waals surface area contributed by atoms with E-state index in [9.17, 15) is 24.6 Å². The topological polar surface area (TPSA) is 129 Å². The maximum atomic E-state index is 13.7. The Hall–Kier alpha value is -1.55. The molecule has 5 aliphatic rings. The Kier molecular flexibility index (Phi) is 4.85. The van der Waals surface area contributed by atoms with E-state index >= 15 is 0 Å². The first kappa shape index (κ1) is 22.3. The molecule has 2 bridgehead atoms. The van der Waals surface area contributed by atoms with Gasteiger partial charge in [-0.25, -0.2) is 0 Å². The minimum Gasteiger partial charge on any atom is -0.462 e. The van der Waals surface area contributed by atoms with E-state index in [1.807, 2.05) is 13.8 Å². The Morgan fingerprint density at radius 1 is 1.19 bits per heavy atom. The smallest absolute Gasteiger partial charge is 0.320 e. The van der Waals surface area contributed by atoms with Crippen LogP contribution in [0.3, 0.4) is 0 Å². The number of Topliss-reactive ketones (excluding diaryl/α,β-unsaturated/α-hetero) is 1. The van der Waals surface area contributed by atoms with Crippen LogP contribution in [-0.4, -0.2) is 72.9 Å². The third-order valence-electron chi connectivity index (χ3n) is 9.26. The second-order valence-electron chi connectivity index (χ2n) is 11.0. The van der Waals surface area contributed by atoms with Crippen molar-refractivity contribution >= 4 is 17.7 Å². The molecule has 2 heterocycles. The van der Waals surface area contributed by atoms with Gasteiger partial charge in [-0.1, -0.05) is 13.8 Å². The standard InChI is InChI=1S/C23H32O9/c1-10(24)31-14-6-15-23(9-30-19(27)17(23)21(14,2)3)16-13(25)5-11-7-22(16,20(28)32-15)18(26)12(11)8-29-4/h11-17,19,25,27H,5-9H2,1-4H3/t11?,12-,13+,14+,15+,16-,17?,19-,22?,23?/m1/s1. The van der Waals surface area contributed by atoms with Gasteiger partial charge in [0.15, 0.2) is 12.1 Å². The fraction of sp³-hybridized carbons (Fsp3) is 0.870. The molecule has 10 atom stereocenters. The zero-order chi connectivity index (χ0) is 23.2. The maximum Gasteiger partial charge on any atom is 0.320 e. The SMILES string of the molecule is COC[C@H]1C(=O)C23CC1C[C@H](O)[C@H]2C12CO[C@@H](O)C1C(C)(C)[C@@H](OC(C)=O)C[C@@H]2OC3=O. The molecule has 3 aliphatic carbocycles. The Balaban J connectivity index is 1.66. The molecule has 9 nitrogen and oxygen atoms in total. The van der Waals surface area contributed by atoms with E-state index in [0.717, 1.165) is 0 Å². The molecule has 178 valence electrons. The summed E-state index contributed by atoms with van der Waals surface area (Å²) in [6, 6.07) is 0. The number of carbonyl (C=O) groups is 3. The first-order valence-electron chi connectivity index (χ1n) is 11.4. The minimum atomic E-state index is -1.47. The van der Waals surface area contributed by atoms with Crippen LogP contribution in [0.2, 0.25) is 0 Å². The van der Waals surface area contributed by atoms with E-state index in [0.29, 0.717) is 12.8 Å². The van der Waals surface area contributed by atoms with Gasteiger partial charge in [-0.05, 0) is 18.8 Å². The van der Waals surface area contributed by atoms with Crippen LogP contribution in [0.4, 0.5) is 0 Å². The van der Waals surface area contributed by atoms with Crippen molar-refractivity contribution in [3.8, 4) is 0 Å². The van der Waals surface area contributed by atoms with Crippen LogP contribution >= 0.6 is 0 Å². The van der Waals surface area contributed by atoms with Gasteiger partial charge in [-0.2, -0.15) is 0 Å². The fourth-order valence-electron chi connectivity index (χ4n) is 8.25. The zero-order valence-electron chi connectivity index (χ0n) is 18.9. The van der Waals surface area contributed by atoms with Gasteiger partial charge in [0.2, 0.25) is 0 Å². The average molecular weight is 453 g/mol. The van der Waals surface area contributed by atoms with Gasteiger partial charge in [0.1, 0.15) is 17.6 Å². The molecule has 5 rings (SSSR count). The first-order valence-corrected chi connectivity index (χ1v) is 11.4. The third-order valence-corrected chi connectivity index (χ3v) is 9.26. The second kappa shape index (κ2) is 6.98. The molecular weight excluding hydrogens is 420 g/mol. The van der Waals surface area contributed by atoms with Crippen LogP contribution in [0.5, 0.6) is 0 Å². The molecule has 0 radical (unpaired) electrons. The Morgan fingerprint density at radius 2 is 1.91 bits per heavy atom. The normalized spacial score (nSPS) is 50.8. The molecule has 32 heavy (non-hydrogen) atoms. The average Bonchev–Trinajstić information content (AvgIpc) is 3.15. The molecule has 0 amide bonds. The summed E-state index contributed by atoms with van der Waals surface area (Å²) in [5.41, 5.74) is -3.18. The molecule has 5 fully saturated rings. The van der Waals surface area contributed by atoms with Crippen molar-refractivity contribution < 1.29 is 43.5 Å². The summed E-state index contributed by atoms with van der Waals surface area (Å²) in [6.45, 7) is 5.36. The van der Waals surface area contributed by atoms with E-state index < -0.39 is 70.5 Å². The summed E-state index contributed by atoms with van der Waals surface area (Å²) in [7, 11) is 1.52. The number of hydrogen-bond donors (Lipinski definition) is 2. The summed E-state index contributed by atoms with van der Waals surface area (Å²) < 4.78 is 22.6. The number of rotatable bonds is 3. The molecule has 3 saturated carbocycles. The summed E-state index contributed by atoms with van der Waals surface area (Å²) in [5, 5.41) is 22.4. The Bertz CT molecular complexity index is 854. The Morgan fingerprint density at radius 3 is 2.56 bits per heavy atom. The molecule has 0 aromatic rings. The van der Waals surface area contributed by atoms with Crippen LogP contribution in [0.25, 0.3) is 0 Å². The van der Waals surface area contributed by atoms with E-state index in [-0.39, 0.29) is 31.3 Å². The number of carbonyl (C=O) groups excluding carboxylic acids is 3. The monoisotopic (exact) mass is 452 g/mol. The lowest BCUT2D eigenvalue weighted by Gasteiger charge is -2.63. The van der Waals surface area contributed by atoms with E-state index in [1.54, 1.807) is 0 Å². The van der Waals surface area contributed by atoms with Crippen molar-refractivity contribution in [3.05, 3.63) is 0 Å². The zero-order valence-corrected chi connectivity index (χ0v) is 18.9. The largest absolute Gasteiger partial charge is 0.462 e. The van der Waals surface area contributed by atoms with Crippen molar-refractivity contribution in [3.63, 3.8) is 0 Å². The van der Waals surface area contributed by atoms with Gasteiger partial charge in [0.05, 0.1) is 19.3 Å². The maximum absolute atomic E-state index is 13.7. The van der Waals surface area contributed by atoms with E-state index in [4.69, 9.17) is 18.9 Å². The highest BCUT2D eigenvalue weighted by Gasteiger charge is 2.81. The number of hydrogen-bond acceptors (Lipinski definition) is 9. The molecule has 2 aliphatic heterocycles. The van der Waals surface area contributed by atoms with Gasteiger partial charge in [-0.15, -0.1) is 0 Å². The number of aliphatic hydroxyl groups is 2. The molecule has 2 saturated heterocycles. The molecule has 9 heteroatoms. The fourth-order valence-corrected chi connectivity index (χ4v) is 8.25. The number of methoxy groups -OCH3 is 1. The highest BCUT2D eigenvalue weighted by atomic mass is 16.6. The predicted molar refractivity (Wildman–Crippen MR) is 107 cm³/mol. The first-order chi connectivity index (χ1) is 15.0. The van der Waals surface area contributed by atoms with Crippen LogP contribution in [0.15, 0.2) is 0 Å². The number of fused-ring (bicyclic) bond motifs is 1. The number of ketones is 1. The lowest BCUT2D eigenvalue weighted by molar-refractivity contribution is -0.269. The molecule has 4 unspecified atom stereocenters. The lowest BCUT2D eigenvalue weighted by Crippen LogP contribution is -2.73. The molecule has 2 N–H and O–H groups in total. The lowest BCUT2D eigenvalue weighted by atomic mass is 9.43. The summed E-state index contributed by atoms with van der Waals surface area (Å²) in [4.78, 5) is 39.1. The van der Waals surface area contributed by atoms with Crippen molar-refractivity contribution in [2.24, 2.45) is 39.9 Å². The van der Waals surface area contributed by atoms with Crippen molar-refractivity contribution in [1.29, 1.82) is 0 Å². The van der Waals surface area contributed by atoms with Crippen LogP contribution in [-0.2, 0) is 33.3 Å². The van der Waals surface area contributed by atoms with Crippen molar-refractivity contribution in [2.45, 2.75) is 64.6 Å². The number of ether oxygens (including phenoxy) is 4. The second-order valence-corrected chi connectivity index (χ2v) is 11.0. The van der Waals surface area contributed by atoms with Crippen molar-refractivity contribution in [2.75, 3.05) is 20.3 Å². The van der Waals surface area contributed by atoms with Gasteiger partial charge in [-0.3, -0.25) is 14.4 Å². The molecule has 0 aromatic carbocycles. The summed E-state index contributed by atoms with van der Waals surface area (Å²) in [5.74, 6) is -3.30. The molecular formula is C23H32O9. The number of esters is 2. The van der Waals surface area contributed by atoms with Crippen LogP contribution in [0, 0.1) is 39.9 Å². The van der Waals surface area contributed by atoms with Gasteiger partial charge in [0, 0.05) is 49.0 Å². The van der Waals surface area contributed by atoms with Gasteiger partial charge >= 0.3 is 11.9 Å². The minimum absolute atomic E-state index is 0.0589.